The van der Waals surface area contributed by atoms with Gasteiger partial charge in [-0.1, -0.05) is 6.92 Å². The molecule has 118 valence electrons. The van der Waals surface area contributed by atoms with Crippen LogP contribution in [-0.4, -0.2) is 52.5 Å². The van der Waals surface area contributed by atoms with E-state index in [1.807, 2.05) is 24.3 Å². The molecule has 0 unspecified atom stereocenters. The van der Waals surface area contributed by atoms with Crippen LogP contribution in [0.1, 0.15) is 20.3 Å². The monoisotopic (exact) mass is 294 g/mol. The summed E-state index contributed by atoms with van der Waals surface area (Å²) in [6.45, 7) is 11.2. The average Bonchev–Trinajstić information content (AvgIpc) is 2.51. The summed E-state index contributed by atoms with van der Waals surface area (Å²) in [6.07, 6.45) is 1.29. The van der Waals surface area contributed by atoms with E-state index in [1.54, 1.807) is 9.80 Å². The highest BCUT2D eigenvalue weighted by Crippen LogP contribution is 2.18. The molecular weight excluding hydrogens is 264 g/mol. The van der Waals surface area contributed by atoms with E-state index in [0.717, 1.165) is 31.1 Å². The molecule has 0 radical (unpaired) electrons. The predicted molar refractivity (Wildman–Crippen MR) is 84.5 cm³/mol. The highest BCUT2D eigenvalue weighted by molar-refractivity contribution is 5.31. The average molecular weight is 294 g/mol. The van der Waals surface area contributed by atoms with Gasteiger partial charge in [0.1, 0.15) is 50.8 Å². The lowest BCUT2D eigenvalue weighted by molar-refractivity contribution is -1.00. The van der Waals surface area contributed by atoms with Crippen molar-refractivity contribution < 1.29 is 19.3 Å². The lowest BCUT2D eigenvalue weighted by Gasteiger charge is -2.27. The van der Waals surface area contributed by atoms with E-state index >= 15 is 0 Å². The van der Waals surface area contributed by atoms with Crippen molar-refractivity contribution in [1.82, 2.24) is 0 Å². The summed E-state index contributed by atoms with van der Waals surface area (Å²) in [4.78, 5) is 3.31. The van der Waals surface area contributed by atoms with E-state index < -0.39 is 0 Å². The molecule has 4 nitrogen and oxygen atoms in total. The van der Waals surface area contributed by atoms with Crippen molar-refractivity contribution in [2.75, 3.05) is 46.4 Å². The van der Waals surface area contributed by atoms with Crippen molar-refractivity contribution in [2.45, 2.75) is 26.4 Å². The zero-order chi connectivity index (χ0) is 15.1. The molecule has 1 aromatic rings. The van der Waals surface area contributed by atoms with Crippen LogP contribution in [0.5, 0.6) is 11.5 Å². The number of rotatable bonds is 7. The number of nitrogens with one attached hydrogen (secondary N) is 2. The smallest absolute Gasteiger partial charge is 0.137 e. The van der Waals surface area contributed by atoms with E-state index in [2.05, 4.69) is 20.9 Å². The van der Waals surface area contributed by atoms with Gasteiger partial charge in [-0.15, -0.1) is 0 Å². The van der Waals surface area contributed by atoms with E-state index in [-0.39, 0.29) is 6.10 Å². The van der Waals surface area contributed by atoms with Gasteiger partial charge in [0.15, 0.2) is 0 Å². The van der Waals surface area contributed by atoms with Crippen LogP contribution >= 0.6 is 0 Å². The Hall–Kier alpha value is -1.26. The molecule has 2 rings (SSSR count). The second-order valence-electron chi connectivity index (χ2n) is 6.11. The van der Waals surface area contributed by atoms with Gasteiger partial charge in [-0.25, -0.2) is 0 Å². The van der Waals surface area contributed by atoms with Crippen LogP contribution in [0.4, 0.5) is 0 Å². The van der Waals surface area contributed by atoms with Crippen LogP contribution in [0.25, 0.3) is 0 Å². The highest BCUT2D eigenvalue weighted by Gasteiger charge is 2.19. The SMILES string of the molecule is CC[C@@H](C)Oc1ccc(OCC[NH+]2CC[NH+](C)CC2)cc1. The number of likely N-dealkylation sites (N-methyl/N-ethyl adjacent to an activating group) is 1. The maximum atomic E-state index is 5.84. The Labute approximate surface area is 128 Å². The van der Waals surface area contributed by atoms with Gasteiger partial charge in [-0.3, -0.25) is 0 Å². The molecule has 1 heterocycles. The minimum absolute atomic E-state index is 0.264. The molecule has 21 heavy (non-hydrogen) atoms. The molecule has 1 aliphatic rings. The number of ether oxygens (including phenoxy) is 2. The second kappa shape index (κ2) is 8.25. The molecule has 0 amide bonds. The first-order valence-electron chi connectivity index (χ1n) is 8.21. The fourth-order valence-electron chi connectivity index (χ4n) is 2.52. The van der Waals surface area contributed by atoms with Gasteiger partial charge in [0.2, 0.25) is 0 Å². The quantitative estimate of drug-likeness (QED) is 0.720. The van der Waals surface area contributed by atoms with Gasteiger partial charge in [0.25, 0.3) is 0 Å². The normalized spacial score (nSPS) is 23.6. The summed E-state index contributed by atoms with van der Waals surface area (Å²) < 4.78 is 11.6. The first-order valence-corrected chi connectivity index (χ1v) is 8.21. The molecular formula is C17H30N2O2+2. The van der Waals surface area contributed by atoms with Gasteiger partial charge in [-0.2, -0.15) is 0 Å². The van der Waals surface area contributed by atoms with Crippen molar-refractivity contribution in [2.24, 2.45) is 0 Å². The number of quaternary nitrogens is 2. The first kappa shape index (κ1) is 16.1. The second-order valence-corrected chi connectivity index (χ2v) is 6.11. The molecule has 0 bridgehead atoms. The topological polar surface area (TPSA) is 27.3 Å². The third-order valence-corrected chi connectivity index (χ3v) is 4.27. The Morgan fingerprint density at radius 2 is 1.67 bits per heavy atom. The predicted octanol–water partition coefficient (Wildman–Crippen LogP) is -0.344. The van der Waals surface area contributed by atoms with Gasteiger partial charge in [-0.05, 0) is 37.6 Å². The van der Waals surface area contributed by atoms with Crippen LogP contribution in [0.2, 0.25) is 0 Å². The Kier molecular flexibility index (Phi) is 6.33. The maximum absolute atomic E-state index is 5.84. The van der Waals surface area contributed by atoms with Gasteiger partial charge < -0.3 is 19.3 Å². The molecule has 1 aliphatic heterocycles. The molecule has 4 heteroatoms. The van der Waals surface area contributed by atoms with Gasteiger partial charge in [0.05, 0.1) is 13.2 Å². The number of hydrogen-bond acceptors (Lipinski definition) is 2. The van der Waals surface area contributed by atoms with Crippen LogP contribution in [-0.2, 0) is 0 Å². The Morgan fingerprint density at radius 1 is 1.05 bits per heavy atom. The van der Waals surface area contributed by atoms with E-state index in [4.69, 9.17) is 9.47 Å². The summed E-state index contributed by atoms with van der Waals surface area (Å²) in [5, 5.41) is 0. The van der Waals surface area contributed by atoms with E-state index in [0.29, 0.717) is 0 Å². The molecule has 1 fully saturated rings. The lowest BCUT2D eigenvalue weighted by atomic mass is 10.3. The minimum Gasteiger partial charge on any atom is -0.491 e. The first-order chi connectivity index (χ1) is 10.2. The zero-order valence-corrected chi connectivity index (χ0v) is 13.7. The number of benzene rings is 1. The molecule has 0 aliphatic carbocycles. The fourth-order valence-corrected chi connectivity index (χ4v) is 2.52. The number of hydrogen-bond donors (Lipinski definition) is 2. The van der Waals surface area contributed by atoms with Gasteiger partial charge in [0, 0.05) is 0 Å². The molecule has 1 aromatic carbocycles. The number of piperazine rings is 1. The van der Waals surface area contributed by atoms with Crippen molar-refractivity contribution in [3.63, 3.8) is 0 Å². The van der Waals surface area contributed by atoms with Gasteiger partial charge >= 0.3 is 0 Å². The summed E-state index contributed by atoms with van der Waals surface area (Å²) in [5.41, 5.74) is 0. The minimum atomic E-state index is 0.264. The summed E-state index contributed by atoms with van der Waals surface area (Å²) in [6, 6.07) is 7.99. The van der Waals surface area contributed by atoms with E-state index in [9.17, 15) is 0 Å². The summed E-state index contributed by atoms with van der Waals surface area (Å²) in [5.74, 6) is 1.86. The van der Waals surface area contributed by atoms with E-state index in [1.165, 1.54) is 26.2 Å². The molecule has 1 saturated heterocycles. The fraction of sp³-hybridized carbons (Fsp3) is 0.647. The Balaban J connectivity index is 1.69. The van der Waals surface area contributed by atoms with Crippen LogP contribution in [0.15, 0.2) is 24.3 Å². The lowest BCUT2D eigenvalue weighted by Crippen LogP contribution is -3.27. The summed E-state index contributed by atoms with van der Waals surface area (Å²) >= 11 is 0. The maximum Gasteiger partial charge on any atom is 0.137 e. The van der Waals surface area contributed by atoms with Crippen LogP contribution in [0, 0.1) is 0 Å². The zero-order valence-electron chi connectivity index (χ0n) is 13.7. The highest BCUT2D eigenvalue weighted by atomic mass is 16.5. The third kappa shape index (κ3) is 5.56. The van der Waals surface area contributed by atoms with Crippen molar-refractivity contribution >= 4 is 0 Å². The molecule has 1 atom stereocenters. The molecule has 0 aromatic heterocycles. The Morgan fingerprint density at radius 3 is 2.29 bits per heavy atom. The summed E-state index contributed by atoms with van der Waals surface area (Å²) in [7, 11) is 2.27. The van der Waals surface area contributed by atoms with Crippen LogP contribution in [0.3, 0.4) is 0 Å². The molecule has 2 N–H and O–H groups in total. The molecule has 0 saturated carbocycles. The van der Waals surface area contributed by atoms with Crippen molar-refractivity contribution in [3.8, 4) is 11.5 Å². The van der Waals surface area contributed by atoms with Crippen molar-refractivity contribution in [1.29, 1.82) is 0 Å². The third-order valence-electron chi connectivity index (χ3n) is 4.27. The van der Waals surface area contributed by atoms with Crippen molar-refractivity contribution in [3.05, 3.63) is 24.3 Å². The Bertz CT molecular complexity index is 400. The largest absolute Gasteiger partial charge is 0.491 e. The molecule has 0 spiro atoms. The van der Waals surface area contributed by atoms with Crippen LogP contribution < -0.4 is 19.3 Å². The standard InChI is InChI=1S/C17H28N2O2/c1-4-15(2)21-17-7-5-16(6-8-17)20-14-13-19-11-9-18(3)10-12-19/h5-8,15H,4,9-14H2,1-3H3/p+2/t15-/m1/s1.